The molecule has 0 aliphatic heterocycles. The Morgan fingerprint density at radius 1 is 1.11 bits per heavy atom. The van der Waals surface area contributed by atoms with Crippen LogP contribution in [0.4, 0.5) is 0 Å². The Kier molecular flexibility index (Phi) is 6.65. The number of hydrogen-bond acceptors (Lipinski definition) is 3. The van der Waals surface area contributed by atoms with Gasteiger partial charge in [-0.05, 0) is 39.9 Å². The van der Waals surface area contributed by atoms with Crippen LogP contribution in [-0.2, 0) is 4.79 Å². The SMILES string of the molecule is CN(C)CCCN(C)C(=O)C1CCCCCC1N. The smallest absolute Gasteiger partial charge is 0.226 e. The minimum Gasteiger partial charge on any atom is -0.345 e. The lowest BCUT2D eigenvalue weighted by Crippen LogP contribution is -2.42. The van der Waals surface area contributed by atoms with Crippen LogP contribution in [0.3, 0.4) is 0 Å². The third-order valence-electron chi connectivity index (χ3n) is 3.86. The Balaban J connectivity index is 2.40. The summed E-state index contributed by atoms with van der Waals surface area (Å²) >= 11 is 0. The van der Waals surface area contributed by atoms with Gasteiger partial charge in [0.05, 0.1) is 5.92 Å². The number of amides is 1. The number of carbonyl (C=O) groups is 1. The van der Waals surface area contributed by atoms with E-state index in [1.165, 1.54) is 12.8 Å². The third-order valence-corrected chi connectivity index (χ3v) is 3.86. The summed E-state index contributed by atoms with van der Waals surface area (Å²) in [4.78, 5) is 16.4. The van der Waals surface area contributed by atoms with Crippen molar-refractivity contribution in [3.63, 3.8) is 0 Å². The van der Waals surface area contributed by atoms with Crippen molar-refractivity contribution < 1.29 is 4.79 Å². The third kappa shape index (κ3) is 4.94. The first-order valence-corrected chi connectivity index (χ1v) is 7.17. The van der Waals surface area contributed by atoms with E-state index in [0.717, 1.165) is 38.8 Å². The molecule has 0 spiro atoms. The van der Waals surface area contributed by atoms with E-state index in [2.05, 4.69) is 19.0 Å². The molecule has 2 atom stereocenters. The van der Waals surface area contributed by atoms with Crippen molar-refractivity contribution in [2.45, 2.75) is 44.6 Å². The summed E-state index contributed by atoms with van der Waals surface area (Å²) in [5, 5.41) is 0. The van der Waals surface area contributed by atoms with E-state index in [9.17, 15) is 4.79 Å². The summed E-state index contributed by atoms with van der Waals surface area (Å²) in [6.07, 6.45) is 6.55. The van der Waals surface area contributed by atoms with Crippen LogP contribution in [0.25, 0.3) is 0 Å². The first-order chi connectivity index (χ1) is 8.52. The highest BCUT2D eigenvalue weighted by Gasteiger charge is 2.28. The van der Waals surface area contributed by atoms with Crippen molar-refractivity contribution in [1.29, 1.82) is 0 Å². The average molecular weight is 255 g/mol. The largest absolute Gasteiger partial charge is 0.345 e. The van der Waals surface area contributed by atoms with E-state index < -0.39 is 0 Å². The summed E-state index contributed by atoms with van der Waals surface area (Å²) in [5.41, 5.74) is 6.14. The molecule has 1 saturated carbocycles. The first kappa shape index (κ1) is 15.4. The monoisotopic (exact) mass is 255 g/mol. The van der Waals surface area contributed by atoms with E-state index >= 15 is 0 Å². The van der Waals surface area contributed by atoms with Gasteiger partial charge < -0.3 is 15.5 Å². The fourth-order valence-corrected chi connectivity index (χ4v) is 2.66. The standard InChI is InChI=1S/C14H29N3O/c1-16(2)10-7-11-17(3)14(18)12-8-5-4-6-9-13(12)15/h12-13H,4-11,15H2,1-3H3. The lowest BCUT2D eigenvalue weighted by Gasteiger charge is -2.27. The van der Waals surface area contributed by atoms with Gasteiger partial charge in [0.1, 0.15) is 0 Å². The van der Waals surface area contributed by atoms with Gasteiger partial charge in [-0.3, -0.25) is 4.79 Å². The number of carbonyl (C=O) groups excluding carboxylic acids is 1. The molecule has 0 aromatic rings. The van der Waals surface area contributed by atoms with E-state index in [1.807, 2.05) is 11.9 Å². The quantitative estimate of drug-likeness (QED) is 0.754. The molecule has 0 radical (unpaired) electrons. The van der Waals surface area contributed by atoms with Crippen molar-refractivity contribution in [3.05, 3.63) is 0 Å². The number of rotatable bonds is 5. The van der Waals surface area contributed by atoms with Gasteiger partial charge in [0.15, 0.2) is 0 Å². The van der Waals surface area contributed by atoms with Crippen LogP contribution in [-0.4, -0.2) is 56.0 Å². The molecule has 0 aromatic heterocycles. The van der Waals surface area contributed by atoms with Gasteiger partial charge in [0.25, 0.3) is 0 Å². The van der Waals surface area contributed by atoms with Crippen LogP contribution >= 0.6 is 0 Å². The Hall–Kier alpha value is -0.610. The Morgan fingerprint density at radius 2 is 1.78 bits per heavy atom. The van der Waals surface area contributed by atoms with Crippen LogP contribution in [0.15, 0.2) is 0 Å². The fraction of sp³-hybridized carbons (Fsp3) is 0.929. The maximum absolute atomic E-state index is 12.4. The number of nitrogens with two attached hydrogens (primary N) is 1. The van der Waals surface area contributed by atoms with Gasteiger partial charge in [0.2, 0.25) is 5.91 Å². The van der Waals surface area contributed by atoms with Crippen molar-refractivity contribution in [1.82, 2.24) is 9.80 Å². The molecule has 0 saturated heterocycles. The molecular weight excluding hydrogens is 226 g/mol. The molecule has 4 heteroatoms. The van der Waals surface area contributed by atoms with E-state index in [4.69, 9.17) is 5.73 Å². The summed E-state index contributed by atoms with van der Waals surface area (Å²) in [6.45, 7) is 1.86. The van der Waals surface area contributed by atoms with Crippen LogP contribution in [0.1, 0.15) is 38.5 Å². The maximum atomic E-state index is 12.4. The van der Waals surface area contributed by atoms with Crippen LogP contribution in [0.2, 0.25) is 0 Å². The van der Waals surface area contributed by atoms with Crippen molar-refractivity contribution >= 4 is 5.91 Å². The second kappa shape index (κ2) is 7.74. The minimum atomic E-state index is 0.0526. The average Bonchev–Trinajstić information content (AvgIpc) is 2.52. The molecule has 2 N–H and O–H groups in total. The van der Waals surface area contributed by atoms with Gasteiger partial charge >= 0.3 is 0 Å². The number of nitrogens with zero attached hydrogens (tertiary/aromatic N) is 2. The molecule has 0 aromatic carbocycles. The molecule has 1 amide bonds. The Morgan fingerprint density at radius 3 is 2.44 bits per heavy atom. The molecule has 1 rings (SSSR count). The summed E-state index contributed by atoms with van der Waals surface area (Å²) in [7, 11) is 6.03. The second-order valence-corrected chi connectivity index (χ2v) is 5.82. The summed E-state index contributed by atoms with van der Waals surface area (Å²) in [6, 6.07) is 0.0660. The lowest BCUT2D eigenvalue weighted by molar-refractivity contribution is -0.135. The molecule has 1 aliphatic carbocycles. The first-order valence-electron chi connectivity index (χ1n) is 7.17. The fourth-order valence-electron chi connectivity index (χ4n) is 2.66. The molecule has 1 fully saturated rings. The lowest BCUT2D eigenvalue weighted by atomic mass is 9.94. The highest BCUT2D eigenvalue weighted by molar-refractivity contribution is 5.79. The Labute approximate surface area is 111 Å². The highest BCUT2D eigenvalue weighted by Crippen LogP contribution is 2.23. The summed E-state index contributed by atoms with van der Waals surface area (Å²) < 4.78 is 0. The zero-order chi connectivity index (χ0) is 13.5. The van der Waals surface area contributed by atoms with Gasteiger partial charge in [-0.1, -0.05) is 19.3 Å². The second-order valence-electron chi connectivity index (χ2n) is 5.82. The molecule has 0 heterocycles. The normalized spacial score (nSPS) is 24.9. The van der Waals surface area contributed by atoms with Gasteiger partial charge in [-0.2, -0.15) is 0 Å². The van der Waals surface area contributed by atoms with E-state index in [1.54, 1.807) is 0 Å². The maximum Gasteiger partial charge on any atom is 0.226 e. The predicted octanol–water partition coefficient (Wildman–Crippen LogP) is 1.30. The van der Waals surface area contributed by atoms with Gasteiger partial charge in [0, 0.05) is 19.6 Å². The van der Waals surface area contributed by atoms with Crippen molar-refractivity contribution in [3.8, 4) is 0 Å². The van der Waals surface area contributed by atoms with Crippen LogP contribution < -0.4 is 5.73 Å². The van der Waals surface area contributed by atoms with Crippen molar-refractivity contribution in [2.24, 2.45) is 11.7 Å². The van der Waals surface area contributed by atoms with Gasteiger partial charge in [-0.15, -0.1) is 0 Å². The highest BCUT2D eigenvalue weighted by atomic mass is 16.2. The zero-order valence-electron chi connectivity index (χ0n) is 12.2. The van der Waals surface area contributed by atoms with E-state index in [-0.39, 0.29) is 17.9 Å². The Bertz CT molecular complexity index is 255. The molecule has 0 bridgehead atoms. The molecular formula is C14H29N3O. The van der Waals surface area contributed by atoms with Crippen LogP contribution in [0.5, 0.6) is 0 Å². The van der Waals surface area contributed by atoms with E-state index in [0.29, 0.717) is 0 Å². The minimum absolute atomic E-state index is 0.0526. The number of hydrogen-bond donors (Lipinski definition) is 1. The molecule has 2 unspecified atom stereocenters. The molecule has 18 heavy (non-hydrogen) atoms. The van der Waals surface area contributed by atoms with Crippen molar-refractivity contribution in [2.75, 3.05) is 34.2 Å². The molecule has 4 nitrogen and oxygen atoms in total. The predicted molar refractivity (Wildman–Crippen MR) is 75.4 cm³/mol. The molecule has 106 valence electrons. The topological polar surface area (TPSA) is 49.6 Å². The molecule has 1 aliphatic rings. The van der Waals surface area contributed by atoms with Gasteiger partial charge in [-0.25, -0.2) is 0 Å². The van der Waals surface area contributed by atoms with Crippen LogP contribution in [0, 0.1) is 5.92 Å². The zero-order valence-corrected chi connectivity index (χ0v) is 12.2. The summed E-state index contributed by atoms with van der Waals surface area (Å²) in [5.74, 6) is 0.306.